The summed E-state index contributed by atoms with van der Waals surface area (Å²) < 4.78 is 6.18. The molecule has 0 aliphatic heterocycles. The Balaban J connectivity index is 2.74. The van der Waals surface area contributed by atoms with E-state index in [0.717, 1.165) is 15.5 Å². The molecule has 72 valence electrons. The maximum atomic E-state index is 10.5. The Hall–Kier alpha value is -1.29. The molecule has 0 aliphatic rings. The lowest BCUT2D eigenvalue weighted by Gasteiger charge is -2.02. The van der Waals surface area contributed by atoms with Crippen molar-refractivity contribution in [3.8, 4) is 0 Å². The summed E-state index contributed by atoms with van der Waals surface area (Å²) in [6.45, 7) is 0. The molecule has 0 unspecified atom stereocenters. The second kappa shape index (κ2) is 3.46. The van der Waals surface area contributed by atoms with E-state index in [-0.39, 0.29) is 0 Å². The van der Waals surface area contributed by atoms with Gasteiger partial charge in [0.05, 0.1) is 4.47 Å². The van der Waals surface area contributed by atoms with Gasteiger partial charge in [0, 0.05) is 18.1 Å². The van der Waals surface area contributed by atoms with Crippen molar-refractivity contribution >= 4 is 38.9 Å². The van der Waals surface area contributed by atoms with E-state index in [2.05, 4.69) is 21.2 Å². The second-order valence-electron chi connectivity index (χ2n) is 2.86. The number of furan rings is 1. The van der Waals surface area contributed by atoms with Gasteiger partial charge in [0.25, 0.3) is 0 Å². The van der Waals surface area contributed by atoms with E-state index in [1.54, 1.807) is 6.07 Å². The van der Waals surface area contributed by atoms with E-state index in [0.29, 0.717) is 17.6 Å². The monoisotopic (exact) mass is 253 g/mol. The number of hydrogen-bond donors (Lipinski definition) is 1. The van der Waals surface area contributed by atoms with Crippen molar-refractivity contribution in [1.82, 2.24) is 0 Å². The zero-order chi connectivity index (χ0) is 10.1. The average molecular weight is 254 g/mol. The third-order valence-electron chi connectivity index (χ3n) is 2.04. The van der Waals surface area contributed by atoms with E-state index >= 15 is 0 Å². The highest BCUT2D eigenvalue weighted by atomic mass is 79.9. The Bertz CT molecular complexity index is 490. The molecule has 1 N–H and O–H groups in total. The van der Waals surface area contributed by atoms with Crippen molar-refractivity contribution in [2.75, 3.05) is 12.4 Å². The zero-order valence-corrected chi connectivity index (χ0v) is 9.09. The lowest BCUT2D eigenvalue weighted by molar-refractivity contribution is 0.110. The Morgan fingerprint density at radius 1 is 1.50 bits per heavy atom. The fourth-order valence-corrected chi connectivity index (χ4v) is 1.99. The largest absolute Gasteiger partial charge is 0.453 e. The number of anilines is 1. The van der Waals surface area contributed by atoms with Crippen LogP contribution in [0, 0.1) is 0 Å². The van der Waals surface area contributed by atoms with Crippen LogP contribution in [0.15, 0.2) is 27.1 Å². The standard InChI is InChI=1S/C10H8BrNO2/c1-12-8-2-3-9-7(10(8)11)4-6(5-13)14-9/h2-5,12H,1H3. The lowest BCUT2D eigenvalue weighted by atomic mass is 10.2. The maximum absolute atomic E-state index is 10.5. The van der Waals surface area contributed by atoms with Crippen molar-refractivity contribution in [2.24, 2.45) is 0 Å². The number of nitrogens with one attached hydrogen (secondary N) is 1. The van der Waals surface area contributed by atoms with Gasteiger partial charge in [-0.1, -0.05) is 0 Å². The Kier molecular flexibility index (Phi) is 2.29. The average Bonchev–Trinajstić information content (AvgIpc) is 2.62. The SMILES string of the molecule is CNc1ccc2oc(C=O)cc2c1Br. The van der Waals surface area contributed by atoms with E-state index < -0.39 is 0 Å². The van der Waals surface area contributed by atoms with Crippen LogP contribution in [0.3, 0.4) is 0 Å². The van der Waals surface area contributed by atoms with E-state index in [9.17, 15) is 4.79 Å². The van der Waals surface area contributed by atoms with Crippen molar-refractivity contribution in [1.29, 1.82) is 0 Å². The number of aldehydes is 1. The molecule has 14 heavy (non-hydrogen) atoms. The van der Waals surface area contributed by atoms with Gasteiger partial charge in [0.1, 0.15) is 5.58 Å². The smallest absolute Gasteiger partial charge is 0.185 e. The Morgan fingerprint density at radius 3 is 2.93 bits per heavy atom. The molecule has 0 amide bonds. The van der Waals surface area contributed by atoms with Crippen molar-refractivity contribution in [2.45, 2.75) is 0 Å². The molecule has 2 aromatic rings. The molecule has 0 fully saturated rings. The molecule has 3 nitrogen and oxygen atoms in total. The predicted molar refractivity (Wildman–Crippen MR) is 58.8 cm³/mol. The summed E-state index contributed by atoms with van der Waals surface area (Å²) in [5.41, 5.74) is 1.67. The van der Waals surface area contributed by atoms with E-state index in [4.69, 9.17) is 4.42 Å². The maximum Gasteiger partial charge on any atom is 0.185 e. The zero-order valence-electron chi connectivity index (χ0n) is 7.50. The van der Waals surface area contributed by atoms with E-state index in [1.807, 2.05) is 19.2 Å². The van der Waals surface area contributed by atoms with Gasteiger partial charge in [-0.2, -0.15) is 0 Å². The summed E-state index contributed by atoms with van der Waals surface area (Å²) in [6, 6.07) is 5.44. The number of benzene rings is 1. The molecular formula is C10H8BrNO2. The summed E-state index contributed by atoms with van der Waals surface area (Å²) in [6.07, 6.45) is 0.700. The van der Waals surface area contributed by atoms with Crippen LogP contribution in [0.2, 0.25) is 0 Å². The van der Waals surface area contributed by atoms with Gasteiger partial charge < -0.3 is 9.73 Å². The second-order valence-corrected chi connectivity index (χ2v) is 3.65. The molecule has 0 saturated carbocycles. The molecule has 4 heteroatoms. The van der Waals surface area contributed by atoms with Gasteiger partial charge in [0.15, 0.2) is 12.0 Å². The molecule has 0 aliphatic carbocycles. The summed E-state index contributed by atoms with van der Waals surface area (Å²) in [7, 11) is 1.84. The summed E-state index contributed by atoms with van der Waals surface area (Å²) >= 11 is 3.45. The van der Waals surface area contributed by atoms with Gasteiger partial charge in [-0.05, 0) is 34.1 Å². The third kappa shape index (κ3) is 1.32. The van der Waals surface area contributed by atoms with Crippen LogP contribution >= 0.6 is 15.9 Å². The molecule has 0 bridgehead atoms. The highest BCUT2D eigenvalue weighted by molar-refractivity contribution is 9.10. The fourth-order valence-electron chi connectivity index (χ4n) is 1.35. The first-order chi connectivity index (χ1) is 6.76. The van der Waals surface area contributed by atoms with Crippen LogP contribution in [-0.4, -0.2) is 13.3 Å². The molecule has 0 radical (unpaired) electrons. The summed E-state index contributed by atoms with van der Waals surface area (Å²) in [5, 5.41) is 3.94. The topological polar surface area (TPSA) is 42.2 Å². The minimum absolute atomic E-state index is 0.342. The molecule has 1 heterocycles. The predicted octanol–water partition coefficient (Wildman–Crippen LogP) is 3.05. The van der Waals surface area contributed by atoms with Crippen LogP contribution in [0.5, 0.6) is 0 Å². The number of halogens is 1. The Morgan fingerprint density at radius 2 is 2.29 bits per heavy atom. The molecule has 1 aromatic carbocycles. The Labute approximate surface area is 89.2 Å². The number of hydrogen-bond acceptors (Lipinski definition) is 3. The number of rotatable bonds is 2. The summed E-state index contributed by atoms with van der Waals surface area (Å²) in [5.74, 6) is 0.342. The van der Waals surface area contributed by atoms with Crippen molar-refractivity contribution in [3.63, 3.8) is 0 Å². The van der Waals surface area contributed by atoms with Crippen LogP contribution in [0.1, 0.15) is 10.6 Å². The number of carbonyl (C=O) groups is 1. The quantitative estimate of drug-likeness (QED) is 0.837. The first-order valence-corrected chi connectivity index (χ1v) is 4.90. The first-order valence-electron chi connectivity index (χ1n) is 4.11. The normalized spacial score (nSPS) is 10.4. The fraction of sp³-hybridized carbons (Fsp3) is 0.100. The van der Waals surface area contributed by atoms with Crippen LogP contribution in [0.4, 0.5) is 5.69 Å². The third-order valence-corrected chi connectivity index (χ3v) is 2.89. The van der Waals surface area contributed by atoms with Gasteiger partial charge in [-0.3, -0.25) is 4.79 Å². The molecule has 1 aromatic heterocycles. The van der Waals surface area contributed by atoms with Gasteiger partial charge in [0.2, 0.25) is 0 Å². The molecule has 0 spiro atoms. The van der Waals surface area contributed by atoms with Crippen LogP contribution in [-0.2, 0) is 0 Å². The lowest BCUT2D eigenvalue weighted by Crippen LogP contribution is -1.88. The molecule has 2 rings (SSSR count). The van der Waals surface area contributed by atoms with Crippen molar-refractivity contribution < 1.29 is 9.21 Å². The highest BCUT2D eigenvalue weighted by Crippen LogP contribution is 2.32. The van der Waals surface area contributed by atoms with Crippen LogP contribution in [0.25, 0.3) is 11.0 Å². The highest BCUT2D eigenvalue weighted by Gasteiger charge is 2.08. The van der Waals surface area contributed by atoms with Gasteiger partial charge in [-0.25, -0.2) is 0 Å². The van der Waals surface area contributed by atoms with Crippen molar-refractivity contribution in [3.05, 3.63) is 28.4 Å². The molecule has 0 atom stereocenters. The molecular weight excluding hydrogens is 246 g/mol. The first kappa shape index (κ1) is 9.27. The minimum Gasteiger partial charge on any atom is -0.453 e. The van der Waals surface area contributed by atoms with Gasteiger partial charge in [-0.15, -0.1) is 0 Å². The van der Waals surface area contributed by atoms with Gasteiger partial charge >= 0.3 is 0 Å². The number of carbonyl (C=O) groups excluding carboxylic acids is 1. The van der Waals surface area contributed by atoms with E-state index in [1.165, 1.54) is 0 Å². The minimum atomic E-state index is 0.342. The number of fused-ring (bicyclic) bond motifs is 1. The molecule has 0 saturated heterocycles. The summed E-state index contributed by atoms with van der Waals surface area (Å²) in [4.78, 5) is 10.5. The van der Waals surface area contributed by atoms with Crippen LogP contribution < -0.4 is 5.32 Å².